The van der Waals surface area contributed by atoms with Gasteiger partial charge in [-0.05, 0) is 36.6 Å². The average Bonchev–Trinajstić information content (AvgIpc) is 2.90. The van der Waals surface area contributed by atoms with Crippen molar-refractivity contribution >= 4 is 32.7 Å². The highest BCUT2D eigenvalue weighted by Crippen LogP contribution is 2.36. The Hall–Kier alpha value is -2.34. The van der Waals surface area contributed by atoms with Crippen molar-refractivity contribution in [3.63, 3.8) is 0 Å². The van der Waals surface area contributed by atoms with E-state index < -0.39 is 0 Å². The molecule has 1 atom stereocenters. The molecule has 3 aromatic rings. The maximum Gasteiger partial charge on any atom is 0.260 e. The van der Waals surface area contributed by atoms with Crippen molar-refractivity contribution < 1.29 is 4.79 Å². The van der Waals surface area contributed by atoms with E-state index in [1.165, 1.54) is 0 Å². The number of amides is 1. The number of nitrogens with zero attached hydrogens (tertiary/aromatic N) is 3. The first-order valence-electron chi connectivity index (χ1n) is 8.60. The summed E-state index contributed by atoms with van der Waals surface area (Å²) in [6, 6.07) is 8.12. The Morgan fingerprint density at radius 1 is 1.19 bits per heavy atom. The molecule has 1 amide bonds. The van der Waals surface area contributed by atoms with Gasteiger partial charge in [0.1, 0.15) is 0 Å². The molecule has 4 rings (SSSR count). The van der Waals surface area contributed by atoms with E-state index in [2.05, 4.69) is 22.0 Å². The SMILES string of the molecule is Cc1cn(C)c(=O)c2c(C(=O)N3CCC3c3cccc(Br)c3)cn(C)c12. The number of carbonyl (C=O) groups is 1. The van der Waals surface area contributed by atoms with Gasteiger partial charge in [0.05, 0.1) is 22.5 Å². The summed E-state index contributed by atoms with van der Waals surface area (Å²) in [5.74, 6) is -0.0745. The van der Waals surface area contributed by atoms with Crippen LogP contribution in [0, 0.1) is 6.92 Å². The molecule has 1 aromatic carbocycles. The van der Waals surface area contributed by atoms with Crippen molar-refractivity contribution in [1.29, 1.82) is 0 Å². The van der Waals surface area contributed by atoms with Crippen molar-refractivity contribution in [3.05, 3.63) is 68.2 Å². The number of hydrogen-bond donors (Lipinski definition) is 0. The quantitative estimate of drug-likeness (QED) is 0.644. The van der Waals surface area contributed by atoms with Crippen molar-refractivity contribution in [3.8, 4) is 0 Å². The molecule has 0 saturated carbocycles. The summed E-state index contributed by atoms with van der Waals surface area (Å²) in [6.07, 6.45) is 4.54. The van der Waals surface area contributed by atoms with Gasteiger partial charge in [-0.2, -0.15) is 0 Å². The lowest BCUT2D eigenvalue weighted by molar-refractivity contribution is 0.0462. The second-order valence-electron chi connectivity index (χ2n) is 6.96. The Bertz CT molecular complexity index is 1100. The molecule has 1 aliphatic heterocycles. The van der Waals surface area contributed by atoms with Crippen LogP contribution in [0.5, 0.6) is 0 Å². The Kier molecular flexibility index (Phi) is 4.03. The topological polar surface area (TPSA) is 47.2 Å². The highest BCUT2D eigenvalue weighted by molar-refractivity contribution is 9.10. The third-order valence-corrected chi connectivity index (χ3v) is 5.71. The molecular formula is C20H20BrN3O2. The maximum atomic E-state index is 13.3. The predicted octanol–water partition coefficient (Wildman–Crippen LogP) is 3.54. The van der Waals surface area contributed by atoms with Gasteiger partial charge in [-0.1, -0.05) is 28.1 Å². The summed E-state index contributed by atoms with van der Waals surface area (Å²) in [7, 11) is 3.61. The minimum atomic E-state index is -0.130. The van der Waals surface area contributed by atoms with Crippen molar-refractivity contribution in [1.82, 2.24) is 14.0 Å². The monoisotopic (exact) mass is 413 g/mol. The second-order valence-corrected chi connectivity index (χ2v) is 7.88. The number of rotatable bonds is 2. The normalized spacial score (nSPS) is 16.8. The fourth-order valence-electron chi connectivity index (χ4n) is 3.91. The Labute approximate surface area is 160 Å². The molecule has 0 N–H and O–H groups in total. The summed E-state index contributed by atoms with van der Waals surface area (Å²) in [6.45, 7) is 2.67. The zero-order valence-electron chi connectivity index (χ0n) is 15.0. The molecule has 1 aliphatic rings. The van der Waals surface area contributed by atoms with E-state index in [4.69, 9.17) is 0 Å². The zero-order chi connectivity index (χ0) is 18.6. The predicted molar refractivity (Wildman–Crippen MR) is 105 cm³/mol. The molecule has 1 unspecified atom stereocenters. The lowest BCUT2D eigenvalue weighted by atomic mass is 9.93. The first kappa shape index (κ1) is 17.1. The first-order valence-corrected chi connectivity index (χ1v) is 9.39. The largest absolute Gasteiger partial charge is 0.349 e. The number of carbonyl (C=O) groups excluding carboxylic acids is 1. The van der Waals surface area contributed by atoms with Crippen LogP contribution in [0.15, 0.2) is 45.9 Å². The number of benzene rings is 1. The van der Waals surface area contributed by atoms with Crippen molar-refractivity contribution in [2.75, 3.05) is 6.54 Å². The van der Waals surface area contributed by atoms with E-state index in [9.17, 15) is 9.59 Å². The fourth-order valence-corrected chi connectivity index (χ4v) is 4.33. The molecule has 0 bridgehead atoms. The molecule has 26 heavy (non-hydrogen) atoms. The third kappa shape index (κ3) is 2.51. The van der Waals surface area contributed by atoms with Gasteiger partial charge in [0.25, 0.3) is 11.5 Å². The third-order valence-electron chi connectivity index (χ3n) is 5.22. The van der Waals surface area contributed by atoms with Gasteiger partial charge in [0.2, 0.25) is 0 Å². The minimum Gasteiger partial charge on any atom is -0.349 e. The van der Waals surface area contributed by atoms with Crippen LogP contribution >= 0.6 is 15.9 Å². The van der Waals surface area contributed by atoms with E-state index >= 15 is 0 Å². The van der Waals surface area contributed by atoms with E-state index in [0.717, 1.165) is 27.5 Å². The van der Waals surface area contributed by atoms with Crippen molar-refractivity contribution in [2.24, 2.45) is 14.1 Å². The lowest BCUT2D eigenvalue weighted by Crippen LogP contribution is -2.45. The molecule has 1 fully saturated rings. The molecule has 0 radical (unpaired) electrons. The van der Waals surface area contributed by atoms with Crippen LogP contribution in [0.25, 0.3) is 10.9 Å². The average molecular weight is 414 g/mol. The fraction of sp³-hybridized carbons (Fsp3) is 0.300. The van der Waals surface area contributed by atoms with Gasteiger partial charge < -0.3 is 14.0 Å². The minimum absolute atomic E-state index is 0.0592. The summed E-state index contributed by atoms with van der Waals surface area (Å²) in [4.78, 5) is 27.8. The van der Waals surface area contributed by atoms with Gasteiger partial charge >= 0.3 is 0 Å². The van der Waals surface area contributed by atoms with E-state index in [-0.39, 0.29) is 17.5 Å². The number of likely N-dealkylation sites (tertiary alicyclic amines) is 1. The Morgan fingerprint density at radius 3 is 2.62 bits per heavy atom. The van der Waals surface area contributed by atoms with E-state index in [1.807, 2.05) is 47.8 Å². The van der Waals surface area contributed by atoms with E-state index in [0.29, 0.717) is 17.5 Å². The lowest BCUT2D eigenvalue weighted by Gasteiger charge is -2.41. The first-order chi connectivity index (χ1) is 12.4. The van der Waals surface area contributed by atoms with Crippen LogP contribution in [0.1, 0.15) is 33.9 Å². The van der Waals surface area contributed by atoms with Crippen LogP contribution in [0.2, 0.25) is 0 Å². The van der Waals surface area contributed by atoms with Crippen molar-refractivity contribution in [2.45, 2.75) is 19.4 Å². The Balaban J connectivity index is 1.79. The molecule has 1 saturated heterocycles. The molecule has 2 aromatic heterocycles. The maximum absolute atomic E-state index is 13.3. The molecule has 3 heterocycles. The molecule has 0 spiro atoms. The molecular weight excluding hydrogens is 394 g/mol. The van der Waals surface area contributed by atoms with Crippen LogP contribution in [0.3, 0.4) is 0 Å². The molecule has 134 valence electrons. The molecule has 0 aliphatic carbocycles. The number of aromatic nitrogens is 2. The number of hydrogen-bond acceptors (Lipinski definition) is 2. The second kappa shape index (κ2) is 6.13. The van der Waals surface area contributed by atoms with Crippen LogP contribution < -0.4 is 5.56 Å². The smallest absolute Gasteiger partial charge is 0.260 e. The summed E-state index contributed by atoms with van der Waals surface area (Å²) < 4.78 is 4.44. The highest BCUT2D eigenvalue weighted by atomic mass is 79.9. The Morgan fingerprint density at radius 2 is 1.96 bits per heavy atom. The van der Waals surface area contributed by atoms with E-state index in [1.54, 1.807) is 17.8 Å². The number of fused-ring (bicyclic) bond motifs is 1. The standard InChI is InChI=1S/C20H20BrN3O2/c1-12-10-23(3)20(26)17-15(11-22(2)18(12)17)19(25)24-8-7-16(24)13-5-4-6-14(21)9-13/h4-6,9-11,16H,7-8H2,1-3H3. The zero-order valence-corrected chi connectivity index (χ0v) is 16.6. The summed E-state index contributed by atoms with van der Waals surface area (Å²) in [5.41, 5.74) is 3.29. The molecule has 5 nitrogen and oxygen atoms in total. The van der Waals surface area contributed by atoms with Gasteiger partial charge in [-0.15, -0.1) is 0 Å². The van der Waals surface area contributed by atoms with Gasteiger partial charge in [0, 0.05) is 37.5 Å². The van der Waals surface area contributed by atoms with Crippen LogP contribution in [-0.2, 0) is 14.1 Å². The summed E-state index contributed by atoms with van der Waals surface area (Å²) >= 11 is 3.50. The highest BCUT2D eigenvalue weighted by Gasteiger charge is 2.35. The number of pyridine rings is 1. The van der Waals surface area contributed by atoms with Crippen LogP contribution in [0.4, 0.5) is 0 Å². The summed E-state index contributed by atoms with van der Waals surface area (Å²) in [5, 5.41) is 0.514. The van der Waals surface area contributed by atoms with Gasteiger partial charge in [-0.25, -0.2) is 0 Å². The van der Waals surface area contributed by atoms with Gasteiger partial charge in [-0.3, -0.25) is 9.59 Å². The van der Waals surface area contributed by atoms with Gasteiger partial charge in [0.15, 0.2) is 0 Å². The van der Waals surface area contributed by atoms with Crippen LogP contribution in [-0.4, -0.2) is 26.5 Å². The number of aryl methyl sites for hydroxylation is 3. The number of halogens is 1. The molecule has 6 heteroatoms.